The van der Waals surface area contributed by atoms with E-state index < -0.39 is 10.7 Å². The Morgan fingerprint density at radius 2 is 2.12 bits per heavy atom. The molecule has 2 aromatic heterocycles. The van der Waals surface area contributed by atoms with Crippen LogP contribution < -0.4 is 0 Å². The van der Waals surface area contributed by atoms with Gasteiger partial charge in [0.1, 0.15) is 16.3 Å². The summed E-state index contributed by atoms with van der Waals surface area (Å²) >= 11 is 8.64. The van der Waals surface area contributed by atoms with E-state index in [0.29, 0.717) is 16.4 Å². The second-order valence-electron chi connectivity index (χ2n) is 3.54. The van der Waals surface area contributed by atoms with Crippen LogP contribution in [0, 0.1) is 0 Å². The van der Waals surface area contributed by atoms with Crippen LogP contribution in [-0.4, -0.2) is 11.1 Å². The maximum atomic E-state index is 11.0. The summed E-state index contributed by atoms with van der Waals surface area (Å²) in [7, 11) is 0. The highest BCUT2D eigenvalue weighted by Gasteiger charge is 2.40. The molecule has 1 atom stereocenters. The van der Waals surface area contributed by atoms with Crippen molar-refractivity contribution in [3.63, 3.8) is 0 Å². The maximum Gasteiger partial charge on any atom is 0.305 e. The predicted molar refractivity (Wildman–Crippen MR) is 66.7 cm³/mol. The van der Waals surface area contributed by atoms with Crippen molar-refractivity contribution < 1.29 is 18.7 Å². The fraction of sp³-hybridized carbons (Fsp3) is 0.182. The van der Waals surface area contributed by atoms with Crippen LogP contribution in [0.5, 0.6) is 0 Å². The van der Waals surface area contributed by atoms with Crippen molar-refractivity contribution in [1.29, 1.82) is 0 Å². The van der Waals surface area contributed by atoms with E-state index in [-0.39, 0.29) is 6.42 Å². The van der Waals surface area contributed by atoms with E-state index in [4.69, 9.17) is 13.9 Å². The first-order valence-corrected chi connectivity index (χ1v) is 5.68. The van der Waals surface area contributed by atoms with Gasteiger partial charge < -0.3 is 13.9 Å². The lowest BCUT2D eigenvalue weighted by Crippen LogP contribution is -2.24. The van der Waals surface area contributed by atoms with Gasteiger partial charge in [0.25, 0.3) is 0 Å². The third-order valence-corrected chi connectivity index (χ3v) is 3.29. The second kappa shape index (κ2) is 4.54. The molecule has 0 aliphatic carbocycles. The SMILES string of the molecule is O=C(O)CC(S)(c1ccco1)c1occc1S. The second-order valence-corrected chi connectivity index (χ2v) is 4.79. The number of thiol groups is 2. The van der Waals surface area contributed by atoms with Gasteiger partial charge >= 0.3 is 5.97 Å². The Hall–Kier alpha value is -1.27. The molecule has 2 aromatic rings. The third kappa shape index (κ3) is 2.23. The normalized spacial score (nSPS) is 14.5. The molecule has 0 fully saturated rings. The molecule has 0 saturated carbocycles. The van der Waals surface area contributed by atoms with Crippen molar-refractivity contribution in [2.75, 3.05) is 0 Å². The van der Waals surface area contributed by atoms with Gasteiger partial charge in [-0.2, -0.15) is 12.6 Å². The smallest absolute Gasteiger partial charge is 0.305 e. The van der Waals surface area contributed by atoms with Gasteiger partial charge in [-0.05, 0) is 18.2 Å². The molecule has 2 rings (SSSR count). The van der Waals surface area contributed by atoms with Crippen LogP contribution in [0.3, 0.4) is 0 Å². The van der Waals surface area contributed by atoms with E-state index in [1.54, 1.807) is 18.2 Å². The number of carbonyl (C=O) groups is 1. The van der Waals surface area contributed by atoms with Gasteiger partial charge in [-0.15, -0.1) is 12.6 Å². The van der Waals surface area contributed by atoms with Gasteiger partial charge in [0.2, 0.25) is 0 Å². The number of carboxylic acids is 1. The zero-order valence-electron chi connectivity index (χ0n) is 8.66. The monoisotopic (exact) mass is 270 g/mol. The maximum absolute atomic E-state index is 11.0. The number of furan rings is 2. The Balaban J connectivity index is 2.52. The fourth-order valence-electron chi connectivity index (χ4n) is 1.62. The summed E-state index contributed by atoms with van der Waals surface area (Å²) in [6, 6.07) is 4.96. The van der Waals surface area contributed by atoms with E-state index in [2.05, 4.69) is 25.3 Å². The van der Waals surface area contributed by atoms with Crippen molar-refractivity contribution in [3.8, 4) is 0 Å². The molecule has 0 saturated heterocycles. The molecule has 0 aliphatic heterocycles. The molecule has 6 heteroatoms. The Morgan fingerprint density at radius 3 is 2.59 bits per heavy atom. The first kappa shape index (κ1) is 12.2. The van der Waals surface area contributed by atoms with Gasteiger partial charge in [0.05, 0.1) is 18.9 Å². The lowest BCUT2D eigenvalue weighted by Gasteiger charge is -2.22. The van der Waals surface area contributed by atoms with Crippen molar-refractivity contribution in [2.24, 2.45) is 0 Å². The molecule has 0 spiro atoms. The summed E-state index contributed by atoms with van der Waals surface area (Å²) in [4.78, 5) is 11.5. The summed E-state index contributed by atoms with van der Waals surface area (Å²) < 4.78 is 9.37. The lowest BCUT2D eigenvalue weighted by molar-refractivity contribution is -0.137. The molecule has 90 valence electrons. The summed E-state index contributed by atoms with van der Waals surface area (Å²) in [5.41, 5.74) is 0. The van der Waals surface area contributed by atoms with Crippen LogP contribution >= 0.6 is 25.3 Å². The molecule has 4 nitrogen and oxygen atoms in total. The Labute approximate surface area is 108 Å². The number of hydrogen-bond donors (Lipinski definition) is 3. The molecule has 2 heterocycles. The van der Waals surface area contributed by atoms with Crippen LogP contribution in [0.15, 0.2) is 44.5 Å². The molecule has 0 amide bonds. The highest BCUT2D eigenvalue weighted by atomic mass is 32.1. The van der Waals surface area contributed by atoms with E-state index in [1.807, 2.05) is 0 Å². The first-order chi connectivity index (χ1) is 8.04. The topological polar surface area (TPSA) is 63.6 Å². The highest BCUT2D eigenvalue weighted by Crippen LogP contribution is 2.42. The third-order valence-electron chi connectivity index (χ3n) is 2.36. The largest absolute Gasteiger partial charge is 0.481 e. The standard InChI is InChI=1S/C11H10O4S2/c12-9(13)6-11(17,8-2-1-4-14-8)10-7(16)3-5-15-10/h1-5,16-17H,6H2,(H,12,13). The van der Waals surface area contributed by atoms with Crippen LogP contribution in [0.4, 0.5) is 0 Å². The molecule has 17 heavy (non-hydrogen) atoms. The Kier molecular flexibility index (Phi) is 3.26. The van der Waals surface area contributed by atoms with Crippen molar-refractivity contribution in [2.45, 2.75) is 16.1 Å². The fourth-order valence-corrected chi connectivity index (χ4v) is 2.45. The van der Waals surface area contributed by atoms with E-state index in [1.165, 1.54) is 12.5 Å². The summed E-state index contributed by atoms with van der Waals surface area (Å²) in [6.07, 6.45) is 2.64. The molecule has 1 N–H and O–H groups in total. The van der Waals surface area contributed by atoms with E-state index in [9.17, 15) is 4.79 Å². The highest BCUT2D eigenvalue weighted by molar-refractivity contribution is 7.82. The van der Waals surface area contributed by atoms with Gasteiger partial charge in [0, 0.05) is 4.90 Å². The summed E-state index contributed by atoms with van der Waals surface area (Å²) in [5.74, 6) is -0.226. The molecular formula is C11H10O4S2. The molecule has 0 aliphatic rings. The average molecular weight is 270 g/mol. The molecule has 0 radical (unpaired) electrons. The van der Waals surface area contributed by atoms with Gasteiger partial charge in [-0.1, -0.05) is 0 Å². The van der Waals surface area contributed by atoms with Gasteiger partial charge in [-0.25, -0.2) is 0 Å². The summed E-state index contributed by atoms with van der Waals surface area (Å²) in [5, 5.41) is 8.98. The number of carboxylic acid groups (broad SMARTS) is 1. The average Bonchev–Trinajstić information content (AvgIpc) is 2.85. The molecule has 0 bridgehead atoms. The molecule has 1 unspecified atom stereocenters. The van der Waals surface area contributed by atoms with Gasteiger partial charge in [-0.3, -0.25) is 4.79 Å². The zero-order valence-corrected chi connectivity index (χ0v) is 10.4. The van der Waals surface area contributed by atoms with Crippen LogP contribution in [-0.2, 0) is 9.54 Å². The first-order valence-electron chi connectivity index (χ1n) is 4.79. The Morgan fingerprint density at radius 1 is 1.35 bits per heavy atom. The van der Waals surface area contributed by atoms with E-state index in [0.717, 1.165) is 0 Å². The van der Waals surface area contributed by atoms with Crippen LogP contribution in [0.2, 0.25) is 0 Å². The number of aliphatic carboxylic acids is 1. The van der Waals surface area contributed by atoms with Crippen molar-refractivity contribution in [3.05, 3.63) is 42.2 Å². The zero-order chi connectivity index (χ0) is 12.5. The minimum absolute atomic E-state index is 0.259. The minimum atomic E-state index is -1.16. The minimum Gasteiger partial charge on any atom is -0.481 e. The predicted octanol–water partition coefficient (Wildman–Crippen LogP) is 2.81. The van der Waals surface area contributed by atoms with Crippen LogP contribution in [0.1, 0.15) is 17.9 Å². The number of hydrogen-bond acceptors (Lipinski definition) is 5. The van der Waals surface area contributed by atoms with E-state index >= 15 is 0 Å². The van der Waals surface area contributed by atoms with Crippen molar-refractivity contribution in [1.82, 2.24) is 0 Å². The molecular weight excluding hydrogens is 260 g/mol. The van der Waals surface area contributed by atoms with Crippen LogP contribution in [0.25, 0.3) is 0 Å². The Bertz CT molecular complexity index is 517. The quantitative estimate of drug-likeness (QED) is 0.748. The molecule has 0 aromatic carbocycles. The van der Waals surface area contributed by atoms with Crippen molar-refractivity contribution >= 4 is 31.2 Å². The van der Waals surface area contributed by atoms with Gasteiger partial charge in [0.15, 0.2) is 0 Å². The summed E-state index contributed by atoms with van der Waals surface area (Å²) in [6.45, 7) is 0. The number of rotatable bonds is 4. The lowest BCUT2D eigenvalue weighted by atomic mass is 9.98.